The second kappa shape index (κ2) is 11.2. The molecule has 0 bridgehead atoms. The van der Waals surface area contributed by atoms with Gasteiger partial charge in [0, 0.05) is 35.9 Å². The zero-order chi connectivity index (χ0) is 17.1. The molecule has 0 aliphatic rings. The van der Waals surface area contributed by atoms with Crippen LogP contribution in [0, 0.1) is 0 Å². The molecular weight excluding hydrogens is 362 g/mol. The Balaban J connectivity index is 2.67. The van der Waals surface area contributed by atoms with E-state index in [9.17, 15) is 4.79 Å². The third-order valence-electron chi connectivity index (χ3n) is 2.88. The minimum atomic E-state index is -0.171. The number of nitrogens with one attached hydrogen (secondary N) is 1. The lowest BCUT2D eigenvalue weighted by Crippen LogP contribution is -2.34. The molecule has 23 heavy (non-hydrogen) atoms. The van der Waals surface area contributed by atoms with Crippen molar-refractivity contribution in [1.82, 2.24) is 5.32 Å². The molecule has 128 valence electrons. The lowest BCUT2D eigenvalue weighted by Gasteiger charge is -2.11. The summed E-state index contributed by atoms with van der Waals surface area (Å²) < 4.78 is 16.9. The van der Waals surface area contributed by atoms with E-state index >= 15 is 0 Å². The molecule has 5 nitrogen and oxygen atoms in total. The number of hydrogen-bond acceptors (Lipinski definition) is 4. The molecule has 1 unspecified atom stereocenters. The zero-order valence-corrected chi connectivity index (χ0v) is 15.4. The van der Waals surface area contributed by atoms with Gasteiger partial charge in [-0.3, -0.25) is 4.79 Å². The van der Waals surface area contributed by atoms with Crippen LogP contribution in [0.1, 0.15) is 19.4 Å². The first kappa shape index (κ1) is 19.7. The molecule has 0 aliphatic heterocycles. The quantitative estimate of drug-likeness (QED) is 0.496. The molecule has 0 spiro atoms. The maximum atomic E-state index is 11.9. The third kappa shape index (κ3) is 8.16. The van der Waals surface area contributed by atoms with E-state index in [1.807, 2.05) is 32.0 Å². The lowest BCUT2D eigenvalue weighted by atomic mass is 10.2. The van der Waals surface area contributed by atoms with Gasteiger partial charge >= 0.3 is 0 Å². The topological polar surface area (TPSA) is 56.8 Å². The fourth-order valence-corrected chi connectivity index (χ4v) is 2.26. The van der Waals surface area contributed by atoms with Crippen molar-refractivity contribution in [3.05, 3.63) is 34.3 Å². The number of methoxy groups -OCH3 is 1. The zero-order valence-electron chi connectivity index (χ0n) is 13.8. The van der Waals surface area contributed by atoms with E-state index in [1.54, 1.807) is 13.2 Å². The van der Waals surface area contributed by atoms with Gasteiger partial charge in [0.05, 0.1) is 13.2 Å². The minimum Gasteiger partial charge on any atom is -0.491 e. The summed E-state index contributed by atoms with van der Waals surface area (Å²) in [5.41, 5.74) is 0.824. The Morgan fingerprint density at radius 3 is 2.87 bits per heavy atom. The number of ether oxygens (including phenoxy) is 3. The summed E-state index contributed by atoms with van der Waals surface area (Å²) in [6.07, 6.45) is 3.22. The molecule has 0 aliphatic carbocycles. The Kier molecular flexibility index (Phi) is 9.59. The molecule has 1 amide bonds. The van der Waals surface area contributed by atoms with E-state index < -0.39 is 0 Å². The van der Waals surface area contributed by atoms with E-state index in [0.29, 0.717) is 32.2 Å². The van der Waals surface area contributed by atoms with E-state index in [1.165, 1.54) is 6.08 Å². The standard InChI is InChI=1S/C17H24BrNO4/c1-4-22-9-10-23-16-7-6-15(18)11-14(16)5-8-17(20)19-13(2)12-21-3/h5-8,11,13H,4,9-10,12H2,1-3H3,(H,19,20)/b8-5+. The summed E-state index contributed by atoms with van der Waals surface area (Å²) in [5, 5.41) is 2.82. The maximum absolute atomic E-state index is 11.9. The van der Waals surface area contributed by atoms with Gasteiger partial charge in [-0.2, -0.15) is 0 Å². The van der Waals surface area contributed by atoms with Crippen molar-refractivity contribution < 1.29 is 19.0 Å². The molecule has 1 N–H and O–H groups in total. The first-order valence-electron chi connectivity index (χ1n) is 7.54. The van der Waals surface area contributed by atoms with Crippen LogP contribution in [0.2, 0.25) is 0 Å². The average molecular weight is 386 g/mol. The van der Waals surface area contributed by atoms with Crippen molar-refractivity contribution >= 4 is 27.9 Å². The van der Waals surface area contributed by atoms with Crippen LogP contribution in [0.5, 0.6) is 5.75 Å². The predicted molar refractivity (Wildman–Crippen MR) is 94.6 cm³/mol. The van der Waals surface area contributed by atoms with Crippen molar-refractivity contribution in [2.24, 2.45) is 0 Å². The minimum absolute atomic E-state index is 0.0402. The van der Waals surface area contributed by atoms with E-state index in [4.69, 9.17) is 14.2 Å². The van der Waals surface area contributed by atoms with Gasteiger partial charge in [-0.05, 0) is 38.1 Å². The van der Waals surface area contributed by atoms with Gasteiger partial charge in [0.1, 0.15) is 12.4 Å². The van der Waals surface area contributed by atoms with Gasteiger partial charge in [-0.1, -0.05) is 15.9 Å². The van der Waals surface area contributed by atoms with Crippen molar-refractivity contribution in [3.63, 3.8) is 0 Å². The molecule has 0 heterocycles. The molecule has 0 fully saturated rings. The molecule has 6 heteroatoms. The monoisotopic (exact) mass is 385 g/mol. The number of rotatable bonds is 10. The normalized spacial score (nSPS) is 12.3. The maximum Gasteiger partial charge on any atom is 0.244 e. The van der Waals surface area contributed by atoms with Crippen LogP contribution < -0.4 is 10.1 Å². The Labute approximate surface area is 146 Å². The SMILES string of the molecule is CCOCCOc1ccc(Br)cc1/C=C/C(=O)NC(C)COC. The van der Waals surface area contributed by atoms with Crippen LogP contribution in [-0.2, 0) is 14.3 Å². The van der Waals surface area contributed by atoms with Crippen molar-refractivity contribution in [2.45, 2.75) is 19.9 Å². The Bertz CT molecular complexity index is 519. The largest absolute Gasteiger partial charge is 0.491 e. The van der Waals surface area contributed by atoms with Crippen LogP contribution in [0.15, 0.2) is 28.7 Å². The van der Waals surface area contributed by atoms with Crippen molar-refractivity contribution in [2.75, 3.05) is 33.5 Å². The van der Waals surface area contributed by atoms with Crippen LogP contribution in [-0.4, -0.2) is 45.5 Å². The molecule has 0 saturated carbocycles. The summed E-state index contributed by atoms with van der Waals surface area (Å²) in [6.45, 7) is 5.96. The van der Waals surface area contributed by atoms with Gasteiger partial charge in [-0.15, -0.1) is 0 Å². The van der Waals surface area contributed by atoms with E-state index in [0.717, 1.165) is 10.0 Å². The highest BCUT2D eigenvalue weighted by Gasteiger charge is 2.06. The number of carbonyl (C=O) groups excluding carboxylic acids is 1. The van der Waals surface area contributed by atoms with Gasteiger partial charge in [0.2, 0.25) is 5.91 Å². The van der Waals surface area contributed by atoms with Gasteiger partial charge in [0.25, 0.3) is 0 Å². The summed E-state index contributed by atoms with van der Waals surface area (Å²) in [6, 6.07) is 5.62. The summed E-state index contributed by atoms with van der Waals surface area (Å²) in [7, 11) is 1.60. The number of halogens is 1. The molecule has 0 radical (unpaired) electrons. The van der Waals surface area contributed by atoms with E-state index in [-0.39, 0.29) is 11.9 Å². The number of hydrogen-bond donors (Lipinski definition) is 1. The van der Waals surface area contributed by atoms with Gasteiger partial charge < -0.3 is 19.5 Å². The Morgan fingerprint density at radius 1 is 1.39 bits per heavy atom. The molecule has 1 aromatic carbocycles. The van der Waals surface area contributed by atoms with Crippen molar-refractivity contribution in [1.29, 1.82) is 0 Å². The van der Waals surface area contributed by atoms with Crippen LogP contribution >= 0.6 is 15.9 Å². The predicted octanol–water partition coefficient (Wildman–Crippen LogP) is 3.03. The fraction of sp³-hybridized carbons (Fsp3) is 0.471. The highest BCUT2D eigenvalue weighted by atomic mass is 79.9. The number of benzene rings is 1. The van der Waals surface area contributed by atoms with Gasteiger partial charge in [0.15, 0.2) is 0 Å². The van der Waals surface area contributed by atoms with Crippen LogP contribution in [0.3, 0.4) is 0 Å². The third-order valence-corrected chi connectivity index (χ3v) is 3.37. The number of carbonyl (C=O) groups is 1. The van der Waals surface area contributed by atoms with Gasteiger partial charge in [-0.25, -0.2) is 0 Å². The first-order chi connectivity index (χ1) is 11.1. The van der Waals surface area contributed by atoms with Crippen molar-refractivity contribution in [3.8, 4) is 5.75 Å². The fourth-order valence-electron chi connectivity index (χ4n) is 1.88. The second-order valence-electron chi connectivity index (χ2n) is 4.93. The first-order valence-corrected chi connectivity index (χ1v) is 8.33. The summed E-state index contributed by atoms with van der Waals surface area (Å²) in [5.74, 6) is 0.539. The number of amides is 1. The highest BCUT2D eigenvalue weighted by Crippen LogP contribution is 2.24. The summed E-state index contributed by atoms with van der Waals surface area (Å²) >= 11 is 3.43. The molecule has 0 aromatic heterocycles. The van der Waals surface area contributed by atoms with E-state index in [2.05, 4.69) is 21.2 Å². The average Bonchev–Trinajstić information content (AvgIpc) is 2.51. The molecule has 1 rings (SSSR count). The molecule has 1 aromatic rings. The van der Waals surface area contributed by atoms with Crippen LogP contribution in [0.25, 0.3) is 6.08 Å². The Hall–Kier alpha value is -1.37. The molecular formula is C17H24BrNO4. The summed E-state index contributed by atoms with van der Waals surface area (Å²) in [4.78, 5) is 11.9. The lowest BCUT2D eigenvalue weighted by molar-refractivity contribution is -0.117. The second-order valence-corrected chi connectivity index (χ2v) is 5.84. The Morgan fingerprint density at radius 2 is 2.17 bits per heavy atom. The smallest absolute Gasteiger partial charge is 0.244 e. The van der Waals surface area contributed by atoms with Crippen LogP contribution in [0.4, 0.5) is 0 Å². The molecule has 0 saturated heterocycles. The molecule has 1 atom stereocenters. The highest BCUT2D eigenvalue weighted by molar-refractivity contribution is 9.10.